The number of hydrogen-bond donors (Lipinski definition) is 2. The summed E-state index contributed by atoms with van der Waals surface area (Å²) in [6, 6.07) is 5.44. The number of halogens is 3. The molecule has 4 nitrogen and oxygen atoms in total. The first-order chi connectivity index (χ1) is 10.3. The molecule has 0 aliphatic carbocycles. The molecule has 0 radical (unpaired) electrons. The Hall–Kier alpha value is -2.44. The van der Waals surface area contributed by atoms with Crippen LogP contribution in [0.4, 0.5) is 23.7 Å². The summed E-state index contributed by atoms with van der Waals surface area (Å²) < 4.78 is 42.2. The van der Waals surface area contributed by atoms with Gasteiger partial charge in [0.1, 0.15) is 0 Å². The average molecular weight is 312 g/mol. The van der Waals surface area contributed by atoms with Gasteiger partial charge in [-0.25, -0.2) is 4.79 Å². The quantitative estimate of drug-likeness (QED) is 0.895. The minimum absolute atomic E-state index is 0.146. The number of carbonyl (C=O) groups excluding carboxylic acids is 1. The van der Waals surface area contributed by atoms with Crippen LogP contribution in [-0.2, 0) is 12.6 Å². The van der Waals surface area contributed by atoms with Gasteiger partial charge in [-0.3, -0.25) is 0 Å². The minimum atomic E-state index is -4.39. The Bertz CT molecular complexity index is 607. The van der Waals surface area contributed by atoms with Crippen LogP contribution in [0.5, 0.6) is 0 Å². The minimum Gasteiger partial charge on any atom is -0.472 e. The number of furan rings is 1. The highest BCUT2D eigenvalue weighted by Crippen LogP contribution is 2.29. The van der Waals surface area contributed by atoms with Gasteiger partial charge in [-0.2, -0.15) is 13.2 Å². The predicted octanol–water partition coefficient (Wildman–Crippen LogP) is 4.05. The molecule has 0 saturated heterocycles. The highest BCUT2D eigenvalue weighted by Gasteiger charge is 2.29. The van der Waals surface area contributed by atoms with Gasteiger partial charge in [-0.1, -0.05) is 0 Å². The van der Waals surface area contributed by atoms with E-state index in [1.54, 1.807) is 18.6 Å². The molecule has 7 heteroatoms. The molecule has 1 aromatic heterocycles. The van der Waals surface area contributed by atoms with Crippen LogP contribution in [0.15, 0.2) is 47.3 Å². The van der Waals surface area contributed by atoms with Gasteiger partial charge in [0, 0.05) is 11.7 Å². The lowest BCUT2D eigenvalue weighted by atomic mass is 10.1. The Labute approximate surface area is 125 Å². The number of amides is 2. The summed E-state index contributed by atoms with van der Waals surface area (Å²) in [7, 11) is 0. The molecule has 0 aliphatic rings. The standard InChI is InChI=1S/C15H15F3N2O2/c1-10(8-11-6-7-22-9-11)19-14(21)20-13-4-2-12(3-5-13)15(16,17)18/h2-7,9-10H,8H2,1H3,(H2,19,20,21)/t10-/m1/s1. The SMILES string of the molecule is C[C@H](Cc1ccoc1)NC(=O)Nc1ccc(C(F)(F)F)cc1. The monoisotopic (exact) mass is 312 g/mol. The summed E-state index contributed by atoms with van der Waals surface area (Å²) in [5.41, 5.74) is 0.482. The van der Waals surface area contributed by atoms with Crippen LogP contribution in [0.3, 0.4) is 0 Å². The first-order valence-corrected chi connectivity index (χ1v) is 6.60. The number of anilines is 1. The van der Waals surface area contributed by atoms with E-state index >= 15 is 0 Å². The third-order valence-corrected chi connectivity index (χ3v) is 2.97. The van der Waals surface area contributed by atoms with E-state index in [9.17, 15) is 18.0 Å². The van der Waals surface area contributed by atoms with Crippen molar-refractivity contribution in [1.29, 1.82) is 0 Å². The highest BCUT2D eigenvalue weighted by atomic mass is 19.4. The second-order valence-electron chi connectivity index (χ2n) is 4.91. The molecule has 0 unspecified atom stereocenters. The van der Waals surface area contributed by atoms with Crippen molar-refractivity contribution in [3.05, 3.63) is 54.0 Å². The lowest BCUT2D eigenvalue weighted by molar-refractivity contribution is -0.137. The van der Waals surface area contributed by atoms with E-state index in [0.29, 0.717) is 12.1 Å². The van der Waals surface area contributed by atoms with Crippen molar-refractivity contribution in [3.8, 4) is 0 Å². The van der Waals surface area contributed by atoms with Crippen LogP contribution in [0.2, 0.25) is 0 Å². The van der Waals surface area contributed by atoms with Crippen molar-refractivity contribution >= 4 is 11.7 Å². The highest BCUT2D eigenvalue weighted by molar-refractivity contribution is 5.89. The Morgan fingerprint density at radius 3 is 2.45 bits per heavy atom. The van der Waals surface area contributed by atoms with Crippen molar-refractivity contribution in [2.45, 2.75) is 25.6 Å². The number of urea groups is 1. The molecule has 2 amide bonds. The van der Waals surface area contributed by atoms with Crippen LogP contribution in [0.25, 0.3) is 0 Å². The summed E-state index contributed by atoms with van der Waals surface area (Å²) in [5, 5.41) is 5.19. The molecule has 0 saturated carbocycles. The average Bonchev–Trinajstić information content (AvgIpc) is 2.90. The normalized spacial score (nSPS) is 12.7. The number of rotatable bonds is 4. The molecule has 22 heavy (non-hydrogen) atoms. The fourth-order valence-electron chi connectivity index (χ4n) is 1.95. The maximum Gasteiger partial charge on any atom is 0.416 e. The molecular weight excluding hydrogens is 297 g/mol. The zero-order valence-corrected chi connectivity index (χ0v) is 11.8. The van der Waals surface area contributed by atoms with Crippen molar-refractivity contribution in [2.24, 2.45) is 0 Å². The van der Waals surface area contributed by atoms with Crippen molar-refractivity contribution in [2.75, 3.05) is 5.32 Å². The van der Waals surface area contributed by atoms with Gasteiger partial charge in [-0.05, 0) is 49.2 Å². The van der Waals surface area contributed by atoms with Crippen LogP contribution in [0, 0.1) is 0 Å². The molecule has 1 heterocycles. The molecule has 0 fully saturated rings. The molecule has 0 aliphatic heterocycles. The third kappa shape index (κ3) is 4.54. The molecule has 0 spiro atoms. The maximum atomic E-state index is 12.4. The van der Waals surface area contributed by atoms with Crippen LogP contribution < -0.4 is 10.6 Å². The van der Waals surface area contributed by atoms with Gasteiger partial charge in [0.2, 0.25) is 0 Å². The molecular formula is C15H15F3N2O2. The van der Waals surface area contributed by atoms with E-state index in [2.05, 4.69) is 10.6 Å². The smallest absolute Gasteiger partial charge is 0.416 e. The zero-order chi connectivity index (χ0) is 16.2. The summed E-state index contributed by atoms with van der Waals surface area (Å²) in [4.78, 5) is 11.8. The Balaban J connectivity index is 1.86. The summed E-state index contributed by atoms with van der Waals surface area (Å²) in [6.45, 7) is 1.82. The van der Waals surface area contributed by atoms with Gasteiger partial charge in [0.15, 0.2) is 0 Å². The molecule has 2 aromatic rings. The van der Waals surface area contributed by atoms with E-state index in [0.717, 1.165) is 17.7 Å². The second kappa shape index (κ2) is 6.55. The zero-order valence-electron chi connectivity index (χ0n) is 11.8. The number of hydrogen-bond acceptors (Lipinski definition) is 2. The fourth-order valence-corrected chi connectivity index (χ4v) is 1.95. The van der Waals surface area contributed by atoms with Gasteiger partial charge in [-0.15, -0.1) is 0 Å². The van der Waals surface area contributed by atoms with Crippen molar-refractivity contribution in [1.82, 2.24) is 5.32 Å². The van der Waals surface area contributed by atoms with E-state index < -0.39 is 17.8 Å². The Morgan fingerprint density at radius 2 is 1.91 bits per heavy atom. The molecule has 1 aromatic carbocycles. The first kappa shape index (κ1) is 15.9. The summed E-state index contributed by atoms with van der Waals surface area (Å²) in [5.74, 6) is 0. The molecule has 118 valence electrons. The number of benzene rings is 1. The molecule has 2 rings (SSSR count). The third-order valence-electron chi connectivity index (χ3n) is 2.97. The van der Waals surface area contributed by atoms with Gasteiger partial charge < -0.3 is 15.1 Å². The van der Waals surface area contributed by atoms with Crippen LogP contribution in [-0.4, -0.2) is 12.1 Å². The van der Waals surface area contributed by atoms with E-state index in [1.165, 1.54) is 12.1 Å². The van der Waals surface area contributed by atoms with Gasteiger partial charge in [0.05, 0.1) is 18.1 Å². The van der Waals surface area contributed by atoms with Gasteiger partial charge in [0.25, 0.3) is 0 Å². The van der Waals surface area contributed by atoms with E-state index in [4.69, 9.17) is 4.42 Å². The Morgan fingerprint density at radius 1 is 1.23 bits per heavy atom. The van der Waals surface area contributed by atoms with E-state index in [-0.39, 0.29) is 6.04 Å². The number of alkyl halides is 3. The van der Waals surface area contributed by atoms with Crippen molar-refractivity contribution in [3.63, 3.8) is 0 Å². The largest absolute Gasteiger partial charge is 0.472 e. The molecule has 1 atom stereocenters. The first-order valence-electron chi connectivity index (χ1n) is 6.60. The summed E-state index contributed by atoms with van der Waals surface area (Å²) in [6.07, 6.45) is -0.660. The summed E-state index contributed by atoms with van der Waals surface area (Å²) >= 11 is 0. The predicted molar refractivity (Wildman–Crippen MR) is 75.5 cm³/mol. The Kier molecular flexibility index (Phi) is 4.75. The van der Waals surface area contributed by atoms with Crippen LogP contribution >= 0.6 is 0 Å². The lowest BCUT2D eigenvalue weighted by Gasteiger charge is -2.14. The topological polar surface area (TPSA) is 54.3 Å². The number of carbonyl (C=O) groups is 1. The maximum absolute atomic E-state index is 12.4. The fraction of sp³-hybridized carbons (Fsp3) is 0.267. The molecule has 2 N–H and O–H groups in total. The lowest BCUT2D eigenvalue weighted by Crippen LogP contribution is -2.37. The second-order valence-corrected chi connectivity index (χ2v) is 4.91. The van der Waals surface area contributed by atoms with Gasteiger partial charge >= 0.3 is 12.2 Å². The van der Waals surface area contributed by atoms with Crippen LogP contribution in [0.1, 0.15) is 18.1 Å². The van der Waals surface area contributed by atoms with E-state index in [1.807, 2.05) is 6.92 Å². The van der Waals surface area contributed by atoms with Crippen molar-refractivity contribution < 1.29 is 22.4 Å². The number of nitrogens with one attached hydrogen (secondary N) is 2. The molecule has 0 bridgehead atoms.